The maximum Gasteiger partial charge on any atom is 0.574 e. The van der Waals surface area contributed by atoms with Crippen molar-refractivity contribution in [3.05, 3.63) is 76.6 Å². The Morgan fingerprint density at radius 1 is 1.16 bits per heavy atom. The maximum absolute atomic E-state index is 13.7. The van der Waals surface area contributed by atoms with Gasteiger partial charge in [-0.05, 0) is 75.8 Å². The standard InChI is InChI=1S/C28H35F6N3O/c1-6-11-20(17-21(12-7-2)27(29,30)31)22(19(3)4)18-24-23(13-8-9-16-37(24)5)35-25-14-10-15-26(36-25)38-28(32,33)34/h6,10-12,14-15,17-18,23H,7-9,13,16H2,1-5H3,(H,35,36)/b11-6-,20-17+,21-12-,24-18-. The predicted octanol–water partition coefficient (Wildman–Crippen LogP) is 8.50. The van der Waals surface area contributed by atoms with Crippen LogP contribution in [0.3, 0.4) is 0 Å². The van der Waals surface area contributed by atoms with Gasteiger partial charge >= 0.3 is 12.5 Å². The number of halogens is 6. The highest BCUT2D eigenvalue weighted by molar-refractivity contribution is 5.54. The van der Waals surface area contributed by atoms with E-state index >= 15 is 0 Å². The van der Waals surface area contributed by atoms with Gasteiger partial charge in [0, 0.05) is 25.4 Å². The van der Waals surface area contributed by atoms with E-state index in [0.717, 1.165) is 48.9 Å². The fraction of sp³-hybridized carbons (Fsp3) is 0.464. The zero-order valence-electron chi connectivity index (χ0n) is 22.3. The molecule has 0 amide bonds. The first kappa shape index (κ1) is 31.1. The van der Waals surface area contributed by atoms with Gasteiger partial charge in [0.25, 0.3) is 0 Å². The van der Waals surface area contributed by atoms with Gasteiger partial charge in [-0.1, -0.05) is 36.8 Å². The maximum atomic E-state index is 13.7. The summed E-state index contributed by atoms with van der Waals surface area (Å²) in [6.45, 7) is 7.78. The zero-order valence-corrected chi connectivity index (χ0v) is 22.3. The Morgan fingerprint density at radius 2 is 1.87 bits per heavy atom. The lowest BCUT2D eigenvalue weighted by atomic mass is 9.95. The average Bonchev–Trinajstić information content (AvgIpc) is 2.96. The van der Waals surface area contributed by atoms with Gasteiger partial charge in [-0.2, -0.15) is 18.2 Å². The molecule has 1 fully saturated rings. The lowest BCUT2D eigenvalue weighted by molar-refractivity contribution is -0.276. The van der Waals surface area contributed by atoms with E-state index in [2.05, 4.69) is 15.0 Å². The van der Waals surface area contributed by atoms with Crippen LogP contribution in [0.5, 0.6) is 5.88 Å². The van der Waals surface area contributed by atoms with Crippen LogP contribution in [0.15, 0.2) is 76.6 Å². The fourth-order valence-corrected chi connectivity index (χ4v) is 4.15. The first-order valence-electron chi connectivity index (χ1n) is 12.5. The van der Waals surface area contributed by atoms with Crippen molar-refractivity contribution in [2.24, 2.45) is 0 Å². The first-order valence-corrected chi connectivity index (χ1v) is 12.5. The average molecular weight is 544 g/mol. The van der Waals surface area contributed by atoms with Crippen molar-refractivity contribution in [2.45, 2.75) is 72.0 Å². The molecule has 0 aromatic carbocycles. The molecule has 1 saturated heterocycles. The summed E-state index contributed by atoms with van der Waals surface area (Å²) in [5, 5.41) is 3.21. The molecule has 1 unspecified atom stereocenters. The van der Waals surface area contributed by atoms with Crippen molar-refractivity contribution in [2.75, 3.05) is 18.9 Å². The monoisotopic (exact) mass is 543 g/mol. The molecule has 2 heterocycles. The Balaban J connectivity index is 2.57. The Hall–Kier alpha value is -3.17. The lowest BCUT2D eigenvalue weighted by Gasteiger charge is -2.28. The van der Waals surface area contributed by atoms with Crippen LogP contribution < -0.4 is 10.1 Å². The molecule has 1 N–H and O–H groups in total. The molecule has 0 spiro atoms. The molecule has 0 radical (unpaired) electrons. The second-order valence-corrected chi connectivity index (χ2v) is 9.17. The van der Waals surface area contributed by atoms with E-state index in [-0.39, 0.29) is 18.3 Å². The van der Waals surface area contributed by atoms with Crippen LogP contribution in [0.4, 0.5) is 32.2 Å². The summed E-state index contributed by atoms with van der Waals surface area (Å²) < 4.78 is 83.1. The smallest absolute Gasteiger partial charge is 0.388 e. The molecular weight excluding hydrogens is 508 g/mol. The van der Waals surface area contributed by atoms with Gasteiger partial charge in [0.05, 0.1) is 11.6 Å². The van der Waals surface area contributed by atoms with E-state index in [1.807, 2.05) is 31.9 Å². The predicted molar refractivity (Wildman–Crippen MR) is 139 cm³/mol. The first-order chi connectivity index (χ1) is 17.7. The minimum atomic E-state index is -4.87. The van der Waals surface area contributed by atoms with E-state index in [4.69, 9.17) is 0 Å². The SMILES string of the molecule is C\C=C/C(=C\C(=C\CC)C(F)(F)F)C(/C=C1/C(Nc2cccc(OC(F)(F)F)n2)CCCCN1C)=C(C)C. The van der Waals surface area contributed by atoms with Gasteiger partial charge in [0.2, 0.25) is 5.88 Å². The van der Waals surface area contributed by atoms with Crippen molar-refractivity contribution < 1.29 is 31.1 Å². The summed E-state index contributed by atoms with van der Waals surface area (Å²) in [5.41, 5.74) is 1.93. The Morgan fingerprint density at radius 3 is 2.45 bits per heavy atom. The van der Waals surface area contributed by atoms with Crippen LogP contribution in [-0.4, -0.2) is 42.1 Å². The fourth-order valence-electron chi connectivity index (χ4n) is 4.15. The van der Waals surface area contributed by atoms with Gasteiger partial charge in [0.1, 0.15) is 5.82 Å². The summed E-state index contributed by atoms with van der Waals surface area (Å²) >= 11 is 0. The number of likely N-dealkylation sites (tertiary alicyclic amines) is 1. The summed E-state index contributed by atoms with van der Waals surface area (Å²) in [5.74, 6) is -0.383. The minimum Gasteiger partial charge on any atom is -0.388 e. The van der Waals surface area contributed by atoms with Gasteiger partial charge in [-0.3, -0.25) is 0 Å². The number of nitrogens with zero attached hydrogens (tertiary/aromatic N) is 2. The van der Waals surface area contributed by atoms with Crippen molar-refractivity contribution >= 4 is 5.82 Å². The number of rotatable bonds is 8. The summed E-state index contributed by atoms with van der Waals surface area (Å²) in [4.78, 5) is 5.96. The molecule has 4 nitrogen and oxygen atoms in total. The highest BCUT2D eigenvalue weighted by atomic mass is 19.4. The second-order valence-electron chi connectivity index (χ2n) is 9.17. The second kappa shape index (κ2) is 13.6. The molecule has 1 aliphatic heterocycles. The molecule has 0 bridgehead atoms. The van der Waals surface area contributed by atoms with Crippen molar-refractivity contribution in [1.82, 2.24) is 9.88 Å². The normalized spacial score (nSPS) is 19.1. The summed E-state index contributed by atoms with van der Waals surface area (Å²) in [6.07, 6.45) is 0.764. The molecule has 0 saturated carbocycles. The number of anilines is 1. The molecule has 1 aromatic rings. The van der Waals surface area contributed by atoms with Crippen molar-refractivity contribution in [3.63, 3.8) is 0 Å². The third-order valence-electron chi connectivity index (χ3n) is 5.85. The third kappa shape index (κ3) is 9.61. The van der Waals surface area contributed by atoms with Crippen molar-refractivity contribution in [1.29, 1.82) is 0 Å². The van der Waals surface area contributed by atoms with Crippen molar-refractivity contribution in [3.8, 4) is 5.88 Å². The van der Waals surface area contributed by atoms with Gasteiger partial charge in [-0.25, -0.2) is 0 Å². The van der Waals surface area contributed by atoms with Crippen LogP contribution >= 0.6 is 0 Å². The summed E-state index contributed by atoms with van der Waals surface area (Å²) in [6, 6.07) is 3.73. The van der Waals surface area contributed by atoms with E-state index in [0.29, 0.717) is 17.6 Å². The number of ether oxygens (including phenoxy) is 1. The number of allylic oxidation sites excluding steroid dienone is 9. The largest absolute Gasteiger partial charge is 0.574 e. The lowest BCUT2D eigenvalue weighted by Crippen LogP contribution is -2.31. The molecule has 2 rings (SSSR count). The van der Waals surface area contributed by atoms with Gasteiger partial charge in [0.15, 0.2) is 0 Å². The molecular formula is C28H35F6N3O. The molecule has 10 heteroatoms. The van der Waals surface area contributed by atoms with Crippen LogP contribution in [0.1, 0.15) is 53.4 Å². The van der Waals surface area contributed by atoms with Gasteiger partial charge < -0.3 is 15.0 Å². The molecule has 210 valence electrons. The van der Waals surface area contributed by atoms with E-state index in [9.17, 15) is 26.3 Å². The van der Waals surface area contributed by atoms with Crippen LogP contribution in [0.2, 0.25) is 0 Å². The van der Waals surface area contributed by atoms with Crippen LogP contribution in [0.25, 0.3) is 0 Å². The zero-order chi connectivity index (χ0) is 28.5. The number of nitrogens with one attached hydrogen (secondary N) is 1. The Bertz CT molecular complexity index is 1090. The molecule has 1 aliphatic rings. The Kier molecular flexibility index (Phi) is 11.1. The van der Waals surface area contributed by atoms with E-state index in [1.54, 1.807) is 32.1 Å². The minimum absolute atomic E-state index is 0.200. The molecule has 0 aliphatic carbocycles. The van der Waals surface area contributed by atoms with Gasteiger partial charge in [-0.15, -0.1) is 13.2 Å². The number of alkyl halides is 6. The molecule has 1 atom stereocenters. The number of hydrogen-bond donors (Lipinski definition) is 1. The number of hydrogen-bond acceptors (Lipinski definition) is 4. The topological polar surface area (TPSA) is 37.4 Å². The highest BCUT2D eigenvalue weighted by Crippen LogP contribution is 2.32. The number of pyridine rings is 1. The molecule has 38 heavy (non-hydrogen) atoms. The third-order valence-corrected chi connectivity index (χ3v) is 5.85. The number of aromatic nitrogens is 1. The van der Waals surface area contributed by atoms with E-state index < -0.39 is 24.0 Å². The Labute approximate surface area is 220 Å². The molecule has 1 aromatic heterocycles. The van der Waals surface area contributed by atoms with Crippen LogP contribution in [-0.2, 0) is 0 Å². The summed E-state index contributed by atoms with van der Waals surface area (Å²) in [7, 11) is 1.89. The quantitative estimate of drug-likeness (QED) is 0.264. The number of likely N-dealkylation sites (N-methyl/N-ethyl adjacent to an activating group) is 1. The highest BCUT2D eigenvalue weighted by Gasteiger charge is 2.33. The van der Waals surface area contributed by atoms with Crippen LogP contribution in [0, 0.1) is 0 Å². The van der Waals surface area contributed by atoms with E-state index in [1.165, 1.54) is 6.07 Å².